The molecule has 0 aliphatic heterocycles. The van der Waals surface area contributed by atoms with Gasteiger partial charge < -0.3 is 0 Å². The van der Waals surface area contributed by atoms with Crippen molar-refractivity contribution in [1.82, 2.24) is 0 Å². The van der Waals surface area contributed by atoms with Crippen molar-refractivity contribution >= 4 is 34.9 Å². The minimum atomic E-state index is -0.722. The van der Waals surface area contributed by atoms with E-state index in [1.54, 1.807) is 24.3 Å². The minimum Gasteiger partial charge on any atom is -0.272 e. The van der Waals surface area contributed by atoms with E-state index in [1.165, 1.54) is 12.3 Å². The fourth-order valence-corrected chi connectivity index (χ4v) is 1.81. The zero-order chi connectivity index (χ0) is 16.1. The summed E-state index contributed by atoms with van der Waals surface area (Å²) in [5.41, 5.74) is 2.34. The fraction of sp³-hybridized carbons (Fsp3) is 0. The fourth-order valence-electron chi connectivity index (χ4n) is 1.63. The van der Waals surface area contributed by atoms with E-state index in [0.29, 0.717) is 10.6 Å². The maximum atomic E-state index is 11.0. The summed E-state index contributed by atoms with van der Waals surface area (Å²) < 4.78 is 0. The molecule has 0 aliphatic rings. The highest BCUT2D eigenvalue weighted by Gasteiger charge is 2.19. The third-order valence-electron chi connectivity index (χ3n) is 2.68. The van der Waals surface area contributed by atoms with Gasteiger partial charge in [-0.15, -0.1) is 0 Å². The van der Waals surface area contributed by atoms with E-state index in [-0.39, 0.29) is 11.4 Å². The highest BCUT2D eigenvalue weighted by Crippen LogP contribution is 2.28. The molecular formula is C13H9ClN4O4. The van der Waals surface area contributed by atoms with Crippen molar-refractivity contribution < 1.29 is 9.85 Å². The number of hydrogen-bond donors (Lipinski definition) is 1. The summed E-state index contributed by atoms with van der Waals surface area (Å²) in [6.45, 7) is 0. The zero-order valence-corrected chi connectivity index (χ0v) is 11.7. The molecule has 0 unspecified atom stereocenters. The first-order chi connectivity index (χ1) is 10.5. The SMILES string of the molecule is O=[N+]([O-])c1ccc(NN=Cc2ccccc2Cl)c([N+](=O)[O-])c1. The van der Waals surface area contributed by atoms with E-state index in [1.807, 2.05) is 0 Å². The van der Waals surface area contributed by atoms with Gasteiger partial charge in [0.1, 0.15) is 5.69 Å². The second-order valence-electron chi connectivity index (χ2n) is 4.11. The summed E-state index contributed by atoms with van der Waals surface area (Å²) in [7, 11) is 0. The van der Waals surface area contributed by atoms with Crippen LogP contribution in [-0.4, -0.2) is 16.1 Å². The number of non-ortho nitro benzene ring substituents is 1. The second-order valence-corrected chi connectivity index (χ2v) is 4.51. The number of hydrazone groups is 1. The van der Waals surface area contributed by atoms with Gasteiger partial charge in [0.15, 0.2) is 0 Å². The molecule has 2 aromatic rings. The molecule has 0 atom stereocenters. The summed E-state index contributed by atoms with van der Waals surface area (Å²) in [5.74, 6) is 0. The summed E-state index contributed by atoms with van der Waals surface area (Å²) in [5, 5.41) is 25.9. The second kappa shape index (κ2) is 6.64. The topological polar surface area (TPSA) is 111 Å². The number of hydrogen-bond acceptors (Lipinski definition) is 6. The van der Waals surface area contributed by atoms with Gasteiger partial charge in [0.25, 0.3) is 5.69 Å². The molecule has 0 saturated heterocycles. The Bertz CT molecular complexity index is 763. The van der Waals surface area contributed by atoms with E-state index in [2.05, 4.69) is 10.5 Å². The Morgan fingerprint density at radius 1 is 1.09 bits per heavy atom. The smallest absolute Gasteiger partial charge is 0.272 e. The Hall–Kier alpha value is -3.00. The standard InChI is InChI=1S/C13H9ClN4O4/c14-11-4-2-1-3-9(11)8-15-16-12-6-5-10(17(19)20)7-13(12)18(21)22/h1-8,16H. The van der Waals surface area contributed by atoms with Crippen molar-refractivity contribution in [1.29, 1.82) is 0 Å². The third kappa shape index (κ3) is 3.55. The van der Waals surface area contributed by atoms with Crippen LogP contribution in [0.2, 0.25) is 5.02 Å². The van der Waals surface area contributed by atoms with Crippen LogP contribution in [0.4, 0.5) is 17.1 Å². The molecule has 22 heavy (non-hydrogen) atoms. The Morgan fingerprint density at radius 2 is 1.82 bits per heavy atom. The van der Waals surface area contributed by atoms with Gasteiger partial charge in [0.2, 0.25) is 0 Å². The summed E-state index contributed by atoms with van der Waals surface area (Å²) >= 11 is 5.94. The van der Waals surface area contributed by atoms with E-state index >= 15 is 0 Å². The van der Waals surface area contributed by atoms with E-state index < -0.39 is 15.5 Å². The van der Waals surface area contributed by atoms with Crippen LogP contribution in [0, 0.1) is 20.2 Å². The van der Waals surface area contributed by atoms with Crippen molar-refractivity contribution in [2.45, 2.75) is 0 Å². The molecule has 9 heteroatoms. The van der Waals surface area contributed by atoms with Gasteiger partial charge in [-0.3, -0.25) is 25.7 Å². The molecule has 2 rings (SSSR count). The Labute approximate surface area is 129 Å². The summed E-state index contributed by atoms with van der Waals surface area (Å²) in [4.78, 5) is 20.2. The van der Waals surface area contributed by atoms with Crippen LogP contribution in [0.3, 0.4) is 0 Å². The normalized spacial score (nSPS) is 10.6. The molecule has 0 bridgehead atoms. The average Bonchev–Trinajstić information content (AvgIpc) is 2.49. The number of nitrogens with zero attached hydrogens (tertiary/aromatic N) is 3. The predicted octanol–water partition coefficient (Wildman–Crippen LogP) is 3.60. The molecule has 0 aromatic heterocycles. The lowest BCUT2D eigenvalue weighted by Crippen LogP contribution is -1.98. The number of anilines is 1. The lowest BCUT2D eigenvalue weighted by molar-refractivity contribution is -0.393. The molecule has 0 heterocycles. The van der Waals surface area contributed by atoms with Gasteiger partial charge >= 0.3 is 5.69 Å². The maximum Gasteiger partial charge on any atom is 0.301 e. The van der Waals surface area contributed by atoms with Crippen molar-refractivity contribution in [2.75, 3.05) is 5.43 Å². The van der Waals surface area contributed by atoms with Gasteiger partial charge in [-0.2, -0.15) is 5.10 Å². The molecule has 2 aromatic carbocycles. The van der Waals surface area contributed by atoms with E-state index in [9.17, 15) is 20.2 Å². The number of nitrogens with one attached hydrogen (secondary N) is 1. The van der Waals surface area contributed by atoms with Crippen LogP contribution >= 0.6 is 11.6 Å². The van der Waals surface area contributed by atoms with Crippen molar-refractivity contribution in [3.63, 3.8) is 0 Å². The molecule has 0 saturated carbocycles. The van der Waals surface area contributed by atoms with Crippen LogP contribution in [0.1, 0.15) is 5.56 Å². The van der Waals surface area contributed by atoms with E-state index in [4.69, 9.17) is 11.6 Å². The van der Waals surface area contributed by atoms with Crippen LogP contribution < -0.4 is 5.43 Å². The number of benzene rings is 2. The number of halogens is 1. The number of nitro groups is 2. The minimum absolute atomic E-state index is 0.0407. The molecule has 8 nitrogen and oxygen atoms in total. The molecule has 1 N–H and O–H groups in total. The van der Waals surface area contributed by atoms with Crippen LogP contribution in [0.5, 0.6) is 0 Å². The monoisotopic (exact) mass is 320 g/mol. The maximum absolute atomic E-state index is 11.0. The predicted molar refractivity (Wildman–Crippen MR) is 82.4 cm³/mol. The third-order valence-corrected chi connectivity index (χ3v) is 3.03. The van der Waals surface area contributed by atoms with Gasteiger partial charge in [-0.05, 0) is 12.1 Å². The molecule has 0 radical (unpaired) electrons. The van der Waals surface area contributed by atoms with Crippen molar-refractivity contribution in [3.8, 4) is 0 Å². The molecule has 0 fully saturated rings. The van der Waals surface area contributed by atoms with Gasteiger partial charge in [-0.25, -0.2) is 0 Å². The zero-order valence-electron chi connectivity index (χ0n) is 11.0. The highest BCUT2D eigenvalue weighted by atomic mass is 35.5. The number of rotatable bonds is 5. The highest BCUT2D eigenvalue weighted by molar-refractivity contribution is 6.33. The molecule has 112 valence electrons. The largest absolute Gasteiger partial charge is 0.301 e. The van der Waals surface area contributed by atoms with Gasteiger partial charge in [0.05, 0.1) is 22.1 Å². The molecule has 0 spiro atoms. The molecule has 0 amide bonds. The summed E-state index contributed by atoms with van der Waals surface area (Å²) in [6.07, 6.45) is 1.40. The van der Waals surface area contributed by atoms with Crippen molar-refractivity contribution in [2.24, 2.45) is 5.10 Å². The number of nitro benzene ring substituents is 2. The molecule has 0 aliphatic carbocycles. The van der Waals surface area contributed by atoms with Crippen LogP contribution in [-0.2, 0) is 0 Å². The first-order valence-corrected chi connectivity index (χ1v) is 6.33. The lowest BCUT2D eigenvalue weighted by atomic mass is 10.2. The van der Waals surface area contributed by atoms with Gasteiger partial charge in [0, 0.05) is 16.7 Å². The average molecular weight is 321 g/mol. The lowest BCUT2D eigenvalue weighted by Gasteiger charge is -2.02. The summed E-state index contributed by atoms with van der Waals surface area (Å²) in [6, 6.07) is 10.2. The Morgan fingerprint density at radius 3 is 2.45 bits per heavy atom. The Kier molecular flexibility index (Phi) is 4.64. The first kappa shape index (κ1) is 15.4. The van der Waals surface area contributed by atoms with Gasteiger partial charge in [-0.1, -0.05) is 29.8 Å². The Balaban J connectivity index is 2.24. The van der Waals surface area contributed by atoms with Crippen LogP contribution in [0.25, 0.3) is 0 Å². The first-order valence-electron chi connectivity index (χ1n) is 5.95. The molecular weight excluding hydrogens is 312 g/mol. The van der Waals surface area contributed by atoms with Crippen LogP contribution in [0.15, 0.2) is 47.6 Å². The van der Waals surface area contributed by atoms with E-state index in [0.717, 1.165) is 12.1 Å². The quantitative estimate of drug-likeness (QED) is 0.514. The van der Waals surface area contributed by atoms with Crippen molar-refractivity contribution in [3.05, 3.63) is 73.3 Å².